The fourth-order valence-corrected chi connectivity index (χ4v) is 6.96. The van der Waals surface area contributed by atoms with Crippen LogP contribution in [0.1, 0.15) is 58.8 Å². The number of esters is 1. The Morgan fingerprint density at radius 2 is 1.97 bits per heavy atom. The molecule has 202 valence electrons. The summed E-state index contributed by atoms with van der Waals surface area (Å²) in [5.41, 5.74) is -1.07. The Labute approximate surface area is 223 Å². The highest BCUT2D eigenvalue weighted by Crippen LogP contribution is 2.60. The molecule has 36 heavy (non-hydrogen) atoms. The van der Waals surface area contributed by atoms with Crippen LogP contribution in [0.25, 0.3) is 0 Å². The second-order valence-corrected chi connectivity index (χ2v) is 11.5. The zero-order valence-electron chi connectivity index (χ0n) is 21.6. The number of unbranched alkanes of at least 4 members (excludes halogenated alkanes) is 4. The van der Waals surface area contributed by atoms with E-state index >= 15 is 0 Å². The number of hydrogen-bond acceptors (Lipinski definition) is 6. The molecule has 3 heterocycles. The van der Waals surface area contributed by atoms with Crippen LogP contribution in [-0.2, 0) is 23.9 Å². The van der Waals surface area contributed by atoms with Gasteiger partial charge < -0.3 is 24.4 Å². The molecule has 8 nitrogen and oxygen atoms in total. The van der Waals surface area contributed by atoms with Crippen molar-refractivity contribution in [2.24, 2.45) is 11.8 Å². The molecule has 0 radical (unpaired) electrons. The normalized spacial score (nSPS) is 30.5. The van der Waals surface area contributed by atoms with Crippen molar-refractivity contribution in [1.82, 2.24) is 9.80 Å². The maximum Gasteiger partial charge on any atom is 0.312 e. The molecule has 9 heteroatoms. The maximum absolute atomic E-state index is 14.1. The lowest BCUT2D eigenvalue weighted by Crippen LogP contribution is -2.58. The van der Waals surface area contributed by atoms with Gasteiger partial charge in [-0.05, 0) is 46.0 Å². The van der Waals surface area contributed by atoms with Crippen molar-refractivity contribution in [1.29, 1.82) is 0 Å². The molecular weight excluding hydrogens is 528 g/mol. The summed E-state index contributed by atoms with van der Waals surface area (Å²) in [5, 5.41) is 9.08. The van der Waals surface area contributed by atoms with E-state index in [-0.39, 0.29) is 35.9 Å². The number of aliphatic hydroxyl groups is 1. The fourth-order valence-electron chi connectivity index (χ4n) is 6.01. The third kappa shape index (κ3) is 5.43. The third-order valence-electron chi connectivity index (χ3n) is 7.63. The lowest BCUT2D eigenvalue weighted by atomic mass is 9.70. The first-order valence-corrected chi connectivity index (χ1v) is 14.1. The summed E-state index contributed by atoms with van der Waals surface area (Å²) < 4.78 is 12.1. The van der Waals surface area contributed by atoms with Gasteiger partial charge >= 0.3 is 5.97 Å². The Kier molecular flexibility index (Phi) is 10.2. The van der Waals surface area contributed by atoms with Crippen molar-refractivity contribution in [3.8, 4) is 0 Å². The number of fused-ring (bicyclic) bond motifs is 1. The molecule has 3 aliphatic rings. The summed E-state index contributed by atoms with van der Waals surface area (Å²) in [6, 6.07) is -0.893. The number of rotatable bonds is 15. The molecule has 1 spiro atoms. The third-order valence-corrected chi connectivity index (χ3v) is 8.48. The number of halogens is 1. The van der Waals surface area contributed by atoms with E-state index in [0.717, 1.165) is 19.3 Å². The number of alkyl halides is 1. The van der Waals surface area contributed by atoms with Crippen molar-refractivity contribution in [3.63, 3.8) is 0 Å². The Bertz CT molecular complexity index is 835. The molecule has 3 fully saturated rings. The smallest absolute Gasteiger partial charge is 0.312 e. The second-order valence-electron chi connectivity index (χ2n) is 10.3. The Morgan fingerprint density at radius 3 is 2.61 bits per heavy atom. The molecule has 0 aromatic carbocycles. The highest BCUT2D eigenvalue weighted by molar-refractivity contribution is 9.09. The predicted molar refractivity (Wildman–Crippen MR) is 140 cm³/mol. The van der Waals surface area contributed by atoms with Crippen LogP contribution in [0, 0.1) is 11.8 Å². The van der Waals surface area contributed by atoms with E-state index in [0.29, 0.717) is 38.8 Å². The van der Waals surface area contributed by atoms with Crippen LogP contribution in [0.3, 0.4) is 0 Å². The van der Waals surface area contributed by atoms with Crippen LogP contribution < -0.4 is 0 Å². The number of likely N-dealkylation sites (tertiary alicyclic amines) is 1. The highest BCUT2D eigenvalue weighted by atomic mass is 79.9. The number of carbonyl (C=O) groups is 3. The molecular formula is C27H41BrN2O6. The Hall–Kier alpha value is -1.71. The van der Waals surface area contributed by atoms with Gasteiger partial charge in [0.15, 0.2) is 0 Å². The van der Waals surface area contributed by atoms with Gasteiger partial charge in [-0.3, -0.25) is 14.4 Å². The summed E-state index contributed by atoms with van der Waals surface area (Å²) in [7, 11) is 0. The highest BCUT2D eigenvalue weighted by Gasteiger charge is 2.77. The zero-order valence-corrected chi connectivity index (χ0v) is 23.2. The molecule has 1 N–H and O–H groups in total. The molecule has 3 unspecified atom stereocenters. The number of nitrogens with zero attached hydrogens (tertiary/aromatic N) is 2. The quantitative estimate of drug-likeness (QED) is 0.141. The minimum atomic E-state index is -1.07. The molecule has 0 aromatic rings. The van der Waals surface area contributed by atoms with Crippen LogP contribution in [0.15, 0.2) is 25.3 Å². The number of ether oxygens (including phenoxy) is 2. The lowest BCUT2D eigenvalue weighted by Gasteiger charge is -2.38. The van der Waals surface area contributed by atoms with Gasteiger partial charge in [-0.15, -0.1) is 13.2 Å². The first kappa shape index (κ1) is 28.9. The second kappa shape index (κ2) is 12.7. The lowest BCUT2D eigenvalue weighted by molar-refractivity contribution is -0.155. The molecule has 0 saturated carbocycles. The van der Waals surface area contributed by atoms with Crippen LogP contribution in [0.4, 0.5) is 0 Å². The molecule has 2 bridgehead atoms. The van der Waals surface area contributed by atoms with Crippen molar-refractivity contribution in [3.05, 3.63) is 25.3 Å². The first-order chi connectivity index (χ1) is 17.2. The Morgan fingerprint density at radius 1 is 1.25 bits per heavy atom. The van der Waals surface area contributed by atoms with E-state index < -0.39 is 35.6 Å². The van der Waals surface area contributed by atoms with Gasteiger partial charge in [-0.25, -0.2) is 0 Å². The van der Waals surface area contributed by atoms with E-state index in [1.807, 2.05) is 13.8 Å². The topological polar surface area (TPSA) is 96.4 Å². The molecule has 0 aliphatic carbocycles. The largest absolute Gasteiger partial charge is 0.465 e. The van der Waals surface area contributed by atoms with Crippen molar-refractivity contribution < 1.29 is 29.0 Å². The fraction of sp³-hybridized carbons (Fsp3) is 0.741. The predicted octanol–water partition coefficient (Wildman–Crippen LogP) is 3.22. The SMILES string of the molecule is C=CCCCOC(=O)[C@H]1[C@H]2C(=O)N(CCCCCCO)C(C(=O)N(CC=C)C(C)C)C23CC(Br)[C@@H]1O3. The van der Waals surface area contributed by atoms with E-state index in [9.17, 15) is 14.4 Å². The van der Waals surface area contributed by atoms with E-state index in [1.54, 1.807) is 22.0 Å². The summed E-state index contributed by atoms with van der Waals surface area (Å²) in [6.45, 7) is 12.5. The summed E-state index contributed by atoms with van der Waals surface area (Å²) in [5.74, 6) is -2.30. The minimum Gasteiger partial charge on any atom is -0.465 e. The van der Waals surface area contributed by atoms with E-state index in [2.05, 4.69) is 29.1 Å². The molecule has 3 saturated heterocycles. The van der Waals surface area contributed by atoms with Gasteiger partial charge in [-0.1, -0.05) is 40.9 Å². The van der Waals surface area contributed by atoms with Gasteiger partial charge in [-0.2, -0.15) is 0 Å². The monoisotopic (exact) mass is 568 g/mol. The van der Waals surface area contributed by atoms with Crippen LogP contribution in [-0.4, -0.2) is 87.6 Å². The standard InChI is InChI=1S/C27H41BrN2O6/c1-5-7-12-16-35-26(34)20-21-24(32)30(14-10-8-9-11-15-31)23(25(33)29(13-6-2)18(3)4)27(21)17-19(28)22(20)36-27/h5-6,18-23,31H,1-2,7-17H2,3-4H3/t19?,20-,21-,22-,23?,27?/m0/s1. The summed E-state index contributed by atoms with van der Waals surface area (Å²) in [4.78, 5) is 44.4. The average Bonchev–Trinajstić information content (AvgIpc) is 3.43. The average molecular weight is 570 g/mol. The number of aliphatic hydroxyl groups excluding tert-OH is 1. The van der Waals surface area contributed by atoms with Gasteiger partial charge in [0, 0.05) is 30.6 Å². The molecule has 3 aliphatic heterocycles. The maximum atomic E-state index is 14.1. The summed E-state index contributed by atoms with van der Waals surface area (Å²) >= 11 is 3.68. The van der Waals surface area contributed by atoms with Gasteiger partial charge in [0.05, 0.1) is 24.5 Å². The molecule has 6 atom stereocenters. The zero-order chi connectivity index (χ0) is 26.5. The van der Waals surface area contributed by atoms with Crippen molar-refractivity contribution in [2.75, 3.05) is 26.3 Å². The van der Waals surface area contributed by atoms with Crippen molar-refractivity contribution >= 4 is 33.7 Å². The summed E-state index contributed by atoms with van der Waals surface area (Å²) in [6.07, 6.45) is 7.93. The van der Waals surface area contributed by atoms with E-state index in [1.165, 1.54) is 0 Å². The number of allylic oxidation sites excluding steroid dienone is 1. The van der Waals surface area contributed by atoms with E-state index in [4.69, 9.17) is 14.6 Å². The molecule has 3 rings (SSSR count). The Balaban J connectivity index is 1.92. The van der Waals surface area contributed by atoms with Gasteiger partial charge in [0.1, 0.15) is 11.6 Å². The molecule has 2 amide bonds. The van der Waals surface area contributed by atoms with Crippen LogP contribution in [0.5, 0.6) is 0 Å². The van der Waals surface area contributed by atoms with Crippen LogP contribution >= 0.6 is 15.9 Å². The van der Waals surface area contributed by atoms with Crippen LogP contribution in [0.2, 0.25) is 0 Å². The van der Waals surface area contributed by atoms with Gasteiger partial charge in [0.2, 0.25) is 11.8 Å². The number of amides is 2. The minimum absolute atomic E-state index is 0.0866. The molecule has 0 aromatic heterocycles. The van der Waals surface area contributed by atoms with Crippen molar-refractivity contribution in [2.45, 2.75) is 87.4 Å². The number of carbonyl (C=O) groups excluding carboxylic acids is 3. The number of hydrogen-bond donors (Lipinski definition) is 1. The first-order valence-electron chi connectivity index (χ1n) is 13.2. The van der Waals surface area contributed by atoms with Gasteiger partial charge in [0.25, 0.3) is 0 Å².